The number of rotatable bonds is 5. The van der Waals surface area contributed by atoms with Crippen molar-refractivity contribution in [3.63, 3.8) is 0 Å². The fraction of sp³-hybridized carbons (Fsp3) is 0.533. The predicted octanol–water partition coefficient (Wildman–Crippen LogP) is 4.14. The molecule has 3 heteroatoms. The van der Waals surface area contributed by atoms with Gasteiger partial charge < -0.3 is 9.53 Å². The van der Waals surface area contributed by atoms with Crippen molar-refractivity contribution in [2.75, 3.05) is 7.11 Å². The Hall–Kier alpha value is -1.02. The highest BCUT2D eigenvalue weighted by Gasteiger charge is 2.22. The Labute approximate surface area is 113 Å². The summed E-state index contributed by atoms with van der Waals surface area (Å²) >= 11 is 6.28. The van der Waals surface area contributed by atoms with Crippen molar-refractivity contribution >= 4 is 17.9 Å². The van der Waals surface area contributed by atoms with E-state index in [2.05, 4.69) is 6.07 Å². The molecule has 1 aliphatic rings. The second-order valence-electron chi connectivity index (χ2n) is 4.89. The normalized spacial score (nSPS) is 15.9. The number of benzene rings is 1. The third kappa shape index (κ3) is 2.86. The van der Waals surface area contributed by atoms with Gasteiger partial charge in [-0.2, -0.15) is 0 Å². The van der Waals surface area contributed by atoms with Gasteiger partial charge in [0.15, 0.2) is 0 Å². The molecule has 0 atom stereocenters. The number of hydrogen-bond acceptors (Lipinski definition) is 2. The Morgan fingerprint density at radius 3 is 2.72 bits per heavy atom. The highest BCUT2D eigenvalue weighted by atomic mass is 35.5. The monoisotopic (exact) mass is 266 g/mol. The molecule has 98 valence electrons. The second kappa shape index (κ2) is 6.24. The number of carbonyl (C=O) groups is 1. The lowest BCUT2D eigenvalue weighted by molar-refractivity contribution is -0.107. The van der Waals surface area contributed by atoms with Crippen molar-refractivity contribution < 1.29 is 9.53 Å². The van der Waals surface area contributed by atoms with E-state index in [9.17, 15) is 4.79 Å². The smallest absolute Gasteiger partial charge is 0.140 e. The molecule has 1 fully saturated rings. The second-order valence-corrected chi connectivity index (χ2v) is 5.29. The molecule has 0 radical (unpaired) electrons. The highest BCUT2D eigenvalue weighted by molar-refractivity contribution is 6.32. The first-order valence-electron chi connectivity index (χ1n) is 6.56. The average molecular weight is 267 g/mol. The number of methoxy groups -OCH3 is 1. The maximum Gasteiger partial charge on any atom is 0.140 e. The topological polar surface area (TPSA) is 26.3 Å². The zero-order chi connectivity index (χ0) is 13.0. The standard InChI is InChI=1S/C15H19ClO2/c1-18-15-13(12-6-2-3-7-12)9-11(5-4-8-17)10-14(15)16/h8-10,12H,2-7H2,1H3. The van der Waals surface area contributed by atoms with Gasteiger partial charge in [0.1, 0.15) is 12.0 Å². The van der Waals surface area contributed by atoms with Gasteiger partial charge in [0.2, 0.25) is 0 Å². The van der Waals surface area contributed by atoms with Crippen LogP contribution < -0.4 is 4.74 Å². The molecule has 0 aliphatic heterocycles. The Morgan fingerprint density at radius 2 is 2.11 bits per heavy atom. The van der Waals surface area contributed by atoms with Crippen LogP contribution in [0.3, 0.4) is 0 Å². The fourth-order valence-electron chi connectivity index (χ4n) is 2.80. The molecule has 1 saturated carbocycles. The number of aryl methyl sites for hydroxylation is 1. The van der Waals surface area contributed by atoms with E-state index in [1.165, 1.54) is 31.2 Å². The quantitative estimate of drug-likeness (QED) is 0.749. The van der Waals surface area contributed by atoms with Gasteiger partial charge in [-0.1, -0.05) is 30.5 Å². The van der Waals surface area contributed by atoms with Gasteiger partial charge in [0.25, 0.3) is 0 Å². The van der Waals surface area contributed by atoms with E-state index in [1.54, 1.807) is 7.11 Å². The molecule has 0 saturated heterocycles. The Balaban J connectivity index is 2.33. The molecule has 0 spiro atoms. The summed E-state index contributed by atoms with van der Waals surface area (Å²) in [5.41, 5.74) is 2.36. The third-order valence-corrected chi connectivity index (χ3v) is 3.96. The van der Waals surface area contributed by atoms with Gasteiger partial charge in [-0.15, -0.1) is 0 Å². The maximum absolute atomic E-state index is 10.5. The molecule has 0 bridgehead atoms. The van der Waals surface area contributed by atoms with Gasteiger partial charge >= 0.3 is 0 Å². The van der Waals surface area contributed by atoms with Gasteiger partial charge in [0, 0.05) is 6.42 Å². The summed E-state index contributed by atoms with van der Waals surface area (Å²) in [5, 5.41) is 0.669. The van der Waals surface area contributed by atoms with Crippen LogP contribution in [0.4, 0.5) is 0 Å². The molecule has 18 heavy (non-hydrogen) atoms. The van der Waals surface area contributed by atoms with E-state index in [0.717, 1.165) is 24.0 Å². The van der Waals surface area contributed by atoms with Crippen molar-refractivity contribution in [1.82, 2.24) is 0 Å². The number of aldehydes is 1. The molecule has 0 aromatic heterocycles. The molecule has 1 aromatic rings. The lowest BCUT2D eigenvalue weighted by atomic mass is 9.94. The minimum absolute atomic E-state index is 0.548. The zero-order valence-electron chi connectivity index (χ0n) is 10.7. The van der Waals surface area contributed by atoms with Crippen molar-refractivity contribution in [1.29, 1.82) is 0 Å². The van der Waals surface area contributed by atoms with Crippen molar-refractivity contribution in [3.05, 3.63) is 28.3 Å². The fourth-order valence-corrected chi connectivity index (χ4v) is 3.12. The van der Waals surface area contributed by atoms with Crippen LogP contribution in [0.15, 0.2) is 12.1 Å². The lowest BCUT2D eigenvalue weighted by Crippen LogP contribution is -2.00. The first-order chi connectivity index (χ1) is 8.76. The van der Waals surface area contributed by atoms with Gasteiger partial charge in [-0.25, -0.2) is 0 Å². The van der Waals surface area contributed by atoms with Crippen molar-refractivity contribution in [3.8, 4) is 5.75 Å². The summed E-state index contributed by atoms with van der Waals surface area (Å²) in [4.78, 5) is 10.5. The van der Waals surface area contributed by atoms with E-state index in [0.29, 0.717) is 17.4 Å². The minimum Gasteiger partial charge on any atom is -0.495 e. The van der Waals surface area contributed by atoms with E-state index >= 15 is 0 Å². The van der Waals surface area contributed by atoms with Crippen LogP contribution in [0.5, 0.6) is 5.75 Å². The van der Waals surface area contributed by atoms with E-state index in [4.69, 9.17) is 16.3 Å². The van der Waals surface area contributed by atoms with E-state index in [-0.39, 0.29) is 0 Å². The van der Waals surface area contributed by atoms with Crippen LogP contribution >= 0.6 is 11.6 Å². The number of halogens is 1. The first-order valence-corrected chi connectivity index (χ1v) is 6.94. The van der Waals surface area contributed by atoms with Gasteiger partial charge in [0.05, 0.1) is 12.1 Å². The molecule has 0 unspecified atom stereocenters. The molecule has 1 aliphatic carbocycles. The number of carbonyl (C=O) groups excluding carboxylic acids is 1. The van der Waals surface area contributed by atoms with Crippen LogP contribution in [0.2, 0.25) is 5.02 Å². The van der Waals surface area contributed by atoms with Crippen LogP contribution in [-0.4, -0.2) is 13.4 Å². The summed E-state index contributed by atoms with van der Waals surface area (Å²) in [6.45, 7) is 0. The summed E-state index contributed by atoms with van der Waals surface area (Å²) in [6, 6.07) is 4.09. The molecule has 0 heterocycles. The Kier molecular flexibility index (Phi) is 4.65. The summed E-state index contributed by atoms with van der Waals surface area (Å²) in [7, 11) is 1.67. The maximum atomic E-state index is 10.5. The molecule has 2 rings (SSSR count). The van der Waals surface area contributed by atoms with Crippen LogP contribution in [0.1, 0.15) is 49.1 Å². The highest BCUT2D eigenvalue weighted by Crippen LogP contribution is 2.42. The Morgan fingerprint density at radius 1 is 1.39 bits per heavy atom. The third-order valence-electron chi connectivity index (χ3n) is 3.68. The number of hydrogen-bond donors (Lipinski definition) is 0. The van der Waals surface area contributed by atoms with Crippen LogP contribution in [0, 0.1) is 0 Å². The molecule has 0 N–H and O–H groups in total. The average Bonchev–Trinajstić information content (AvgIpc) is 2.89. The largest absolute Gasteiger partial charge is 0.495 e. The molecular formula is C15H19ClO2. The lowest BCUT2D eigenvalue weighted by Gasteiger charge is -2.17. The van der Waals surface area contributed by atoms with Crippen LogP contribution in [0.25, 0.3) is 0 Å². The SMILES string of the molecule is COc1c(Cl)cc(CCC=O)cc1C1CCCC1. The predicted molar refractivity (Wildman–Crippen MR) is 73.6 cm³/mol. The number of ether oxygens (including phenoxy) is 1. The molecule has 0 amide bonds. The van der Waals surface area contributed by atoms with E-state index in [1.807, 2.05) is 6.07 Å². The zero-order valence-corrected chi connectivity index (χ0v) is 11.5. The molecule has 1 aromatic carbocycles. The van der Waals surface area contributed by atoms with Crippen molar-refractivity contribution in [2.45, 2.75) is 44.4 Å². The van der Waals surface area contributed by atoms with E-state index < -0.39 is 0 Å². The van der Waals surface area contributed by atoms with Gasteiger partial charge in [-0.3, -0.25) is 0 Å². The Bertz CT molecular complexity index is 423. The first kappa shape index (κ1) is 13.4. The van der Waals surface area contributed by atoms with Gasteiger partial charge in [-0.05, 0) is 42.4 Å². The summed E-state index contributed by atoms with van der Waals surface area (Å²) in [6.07, 6.45) is 7.24. The molecular weight excluding hydrogens is 248 g/mol. The summed E-state index contributed by atoms with van der Waals surface area (Å²) in [5.74, 6) is 1.38. The van der Waals surface area contributed by atoms with Crippen LogP contribution in [-0.2, 0) is 11.2 Å². The minimum atomic E-state index is 0.548. The summed E-state index contributed by atoms with van der Waals surface area (Å²) < 4.78 is 5.45. The van der Waals surface area contributed by atoms with Crippen molar-refractivity contribution in [2.24, 2.45) is 0 Å². The molecule has 2 nitrogen and oxygen atoms in total.